The molecule has 1 nitrogen and oxygen atoms in total. The molecular weight excluding hydrogens is 364 g/mol. The molecule has 0 saturated carbocycles. The summed E-state index contributed by atoms with van der Waals surface area (Å²) in [4.78, 5) is 2.83. The van der Waals surface area contributed by atoms with E-state index < -0.39 is 0 Å². The quantitative estimate of drug-likeness (QED) is 0.600. The first-order chi connectivity index (χ1) is 7.91. The molecule has 0 aliphatic rings. The second kappa shape index (κ2) is 4.90. The van der Waals surface area contributed by atoms with Crippen molar-refractivity contribution in [3.8, 4) is 0 Å². The Morgan fingerprint density at radius 3 is 2.24 bits per heavy atom. The third kappa shape index (κ3) is 2.40. The van der Waals surface area contributed by atoms with E-state index in [0.717, 1.165) is 11.5 Å². The molecule has 4 heteroatoms. The summed E-state index contributed by atoms with van der Waals surface area (Å²) in [6.07, 6.45) is 0. The SMILES string of the molecule is Cc1oc(C)c(C(Br)c2cc(Br)c(C)s2)c1C. The zero-order valence-electron chi connectivity index (χ0n) is 10.2. The summed E-state index contributed by atoms with van der Waals surface area (Å²) >= 11 is 9.16. The van der Waals surface area contributed by atoms with Crippen LogP contribution in [0.3, 0.4) is 0 Å². The maximum Gasteiger partial charge on any atom is 0.106 e. The van der Waals surface area contributed by atoms with Gasteiger partial charge in [0, 0.05) is 19.8 Å². The van der Waals surface area contributed by atoms with Gasteiger partial charge in [-0.05, 0) is 55.3 Å². The van der Waals surface area contributed by atoms with Crippen molar-refractivity contribution < 1.29 is 4.42 Å². The number of hydrogen-bond donors (Lipinski definition) is 0. The van der Waals surface area contributed by atoms with E-state index in [1.165, 1.54) is 25.4 Å². The van der Waals surface area contributed by atoms with E-state index in [2.05, 4.69) is 51.8 Å². The Morgan fingerprint density at radius 2 is 1.82 bits per heavy atom. The lowest BCUT2D eigenvalue weighted by molar-refractivity contribution is 0.500. The zero-order chi connectivity index (χ0) is 12.7. The molecule has 2 rings (SSSR count). The summed E-state index contributed by atoms with van der Waals surface area (Å²) in [7, 11) is 0. The van der Waals surface area contributed by atoms with E-state index >= 15 is 0 Å². The molecule has 0 spiro atoms. The highest BCUT2D eigenvalue weighted by molar-refractivity contribution is 9.10. The minimum absolute atomic E-state index is 0.218. The molecule has 2 heterocycles. The number of furan rings is 1. The van der Waals surface area contributed by atoms with Gasteiger partial charge in [0.25, 0.3) is 0 Å². The highest BCUT2D eigenvalue weighted by Crippen LogP contribution is 2.42. The Labute approximate surface area is 122 Å². The summed E-state index contributed by atoms with van der Waals surface area (Å²) in [5.41, 5.74) is 2.50. The number of alkyl halides is 1. The summed E-state index contributed by atoms with van der Waals surface area (Å²) in [5.74, 6) is 2.01. The monoisotopic (exact) mass is 376 g/mol. The molecule has 17 heavy (non-hydrogen) atoms. The van der Waals surface area contributed by atoms with Crippen molar-refractivity contribution in [1.29, 1.82) is 0 Å². The Balaban J connectivity index is 2.46. The molecule has 0 bridgehead atoms. The third-order valence-electron chi connectivity index (χ3n) is 3.00. The van der Waals surface area contributed by atoms with E-state index in [9.17, 15) is 0 Å². The maximum atomic E-state index is 5.69. The van der Waals surface area contributed by atoms with Gasteiger partial charge in [-0.3, -0.25) is 0 Å². The van der Waals surface area contributed by atoms with Crippen LogP contribution in [0, 0.1) is 27.7 Å². The van der Waals surface area contributed by atoms with Crippen LogP contribution in [0.4, 0.5) is 0 Å². The Morgan fingerprint density at radius 1 is 1.18 bits per heavy atom. The van der Waals surface area contributed by atoms with Crippen LogP contribution in [0.2, 0.25) is 0 Å². The van der Waals surface area contributed by atoms with Gasteiger partial charge in [0.2, 0.25) is 0 Å². The molecule has 0 radical (unpaired) electrons. The molecule has 0 fully saturated rings. The Bertz CT molecular complexity index is 535. The summed E-state index contributed by atoms with van der Waals surface area (Å²) in [5, 5.41) is 0. The standard InChI is InChI=1S/C13H14Br2OS/c1-6-7(2)16-8(3)12(6)13(15)11-5-10(14)9(4)17-11/h5,13H,1-4H3. The molecule has 0 aromatic carbocycles. The van der Waals surface area contributed by atoms with E-state index in [4.69, 9.17) is 4.42 Å². The second-order valence-electron chi connectivity index (χ2n) is 4.17. The van der Waals surface area contributed by atoms with E-state index in [1.807, 2.05) is 25.2 Å². The first kappa shape index (κ1) is 13.4. The van der Waals surface area contributed by atoms with Crippen LogP contribution in [-0.2, 0) is 0 Å². The normalized spacial score (nSPS) is 13.1. The largest absolute Gasteiger partial charge is 0.466 e. The average molecular weight is 378 g/mol. The van der Waals surface area contributed by atoms with Gasteiger partial charge >= 0.3 is 0 Å². The van der Waals surface area contributed by atoms with E-state index in [-0.39, 0.29) is 4.83 Å². The zero-order valence-corrected chi connectivity index (χ0v) is 14.2. The molecule has 0 saturated heterocycles. The topological polar surface area (TPSA) is 13.1 Å². The predicted molar refractivity (Wildman–Crippen MR) is 80.4 cm³/mol. The number of aryl methyl sites for hydroxylation is 3. The average Bonchev–Trinajstić information content (AvgIpc) is 2.70. The first-order valence-electron chi connectivity index (χ1n) is 5.38. The molecule has 1 atom stereocenters. The molecule has 0 aliphatic carbocycles. The molecule has 0 aliphatic heterocycles. The van der Waals surface area contributed by atoms with Crippen molar-refractivity contribution >= 4 is 43.2 Å². The van der Waals surface area contributed by atoms with Crippen LogP contribution in [0.5, 0.6) is 0 Å². The summed E-state index contributed by atoms with van der Waals surface area (Å²) in [6, 6.07) is 2.18. The van der Waals surface area contributed by atoms with Crippen LogP contribution in [0.25, 0.3) is 0 Å². The van der Waals surface area contributed by atoms with Gasteiger partial charge < -0.3 is 4.42 Å². The third-order valence-corrected chi connectivity index (χ3v) is 6.45. The van der Waals surface area contributed by atoms with Crippen molar-refractivity contribution in [3.63, 3.8) is 0 Å². The number of hydrogen-bond acceptors (Lipinski definition) is 2. The highest BCUT2D eigenvalue weighted by Gasteiger charge is 2.22. The first-order valence-corrected chi connectivity index (χ1v) is 7.90. The van der Waals surface area contributed by atoms with Gasteiger partial charge in [-0.25, -0.2) is 0 Å². The van der Waals surface area contributed by atoms with Crippen molar-refractivity contribution in [3.05, 3.63) is 42.9 Å². The number of thiophene rings is 1. The number of rotatable bonds is 2. The molecule has 2 aromatic rings. The van der Waals surface area contributed by atoms with Crippen LogP contribution >= 0.6 is 43.2 Å². The van der Waals surface area contributed by atoms with Crippen molar-refractivity contribution in [2.24, 2.45) is 0 Å². The van der Waals surface area contributed by atoms with Crippen LogP contribution in [-0.4, -0.2) is 0 Å². The molecule has 1 unspecified atom stereocenters. The molecule has 0 N–H and O–H groups in total. The lowest BCUT2D eigenvalue weighted by Gasteiger charge is -2.07. The van der Waals surface area contributed by atoms with Gasteiger partial charge in [-0.1, -0.05) is 15.9 Å². The van der Waals surface area contributed by atoms with Crippen LogP contribution in [0.1, 0.15) is 37.2 Å². The van der Waals surface area contributed by atoms with E-state index in [1.54, 1.807) is 0 Å². The van der Waals surface area contributed by atoms with Gasteiger partial charge in [0.1, 0.15) is 11.5 Å². The lowest BCUT2D eigenvalue weighted by Crippen LogP contribution is -1.92. The van der Waals surface area contributed by atoms with Crippen molar-refractivity contribution in [2.75, 3.05) is 0 Å². The highest BCUT2D eigenvalue weighted by atomic mass is 79.9. The van der Waals surface area contributed by atoms with Gasteiger partial charge in [-0.2, -0.15) is 0 Å². The Kier molecular flexibility index (Phi) is 3.86. The van der Waals surface area contributed by atoms with Gasteiger partial charge in [0.05, 0.1) is 4.83 Å². The fourth-order valence-electron chi connectivity index (χ4n) is 1.93. The van der Waals surface area contributed by atoms with Gasteiger partial charge in [-0.15, -0.1) is 11.3 Å². The number of halogens is 2. The molecule has 2 aromatic heterocycles. The van der Waals surface area contributed by atoms with Gasteiger partial charge in [0.15, 0.2) is 0 Å². The molecular formula is C13H14Br2OS. The van der Waals surface area contributed by atoms with Crippen molar-refractivity contribution in [1.82, 2.24) is 0 Å². The summed E-state index contributed by atoms with van der Waals surface area (Å²) in [6.45, 7) is 8.28. The van der Waals surface area contributed by atoms with Crippen LogP contribution < -0.4 is 0 Å². The molecule has 0 amide bonds. The summed E-state index contributed by atoms with van der Waals surface area (Å²) < 4.78 is 6.87. The lowest BCUT2D eigenvalue weighted by atomic mass is 10.1. The minimum atomic E-state index is 0.218. The molecule has 92 valence electrons. The minimum Gasteiger partial charge on any atom is -0.466 e. The predicted octanol–water partition coefficient (Wildman–Crippen LogP) is 5.82. The second-order valence-corrected chi connectivity index (χ2v) is 7.23. The van der Waals surface area contributed by atoms with Crippen LogP contribution in [0.15, 0.2) is 15.0 Å². The fourth-order valence-corrected chi connectivity index (χ4v) is 4.56. The Hall–Kier alpha value is -0.0600. The van der Waals surface area contributed by atoms with E-state index in [0.29, 0.717) is 0 Å². The fraction of sp³-hybridized carbons (Fsp3) is 0.385. The smallest absolute Gasteiger partial charge is 0.106 e. The maximum absolute atomic E-state index is 5.69. The van der Waals surface area contributed by atoms with Crippen molar-refractivity contribution in [2.45, 2.75) is 32.5 Å².